The van der Waals surface area contributed by atoms with Gasteiger partial charge in [0, 0.05) is 12.3 Å². The quantitative estimate of drug-likeness (QED) is 0.402. The van der Waals surface area contributed by atoms with Crippen LogP contribution in [0.15, 0.2) is 21.9 Å². The summed E-state index contributed by atoms with van der Waals surface area (Å²) in [4.78, 5) is 24.7. The molecule has 95 valence electrons. The Morgan fingerprint density at radius 1 is 1.56 bits per heavy atom. The zero-order valence-corrected chi connectivity index (χ0v) is 9.11. The van der Waals surface area contributed by atoms with Crippen LogP contribution in [0.4, 0.5) is 0 Å². The summed E-state index contributed by atoms with van der Waals surface area (Å²) >= 11 is 0. The van der Waals surface area contributed by atoms with Gasteiger partial charge >= 0.3 is 5.69 Å². The SMILES string of the molecule is O=c1ccn([C@@]23[B][C@@]2(O)[C@H](O)[C@@H](CO)O3)c(=O)[nH]1. The minimum absolute atomic E-state index is 0.489. The number of rotatable bonds is 2. The zero-order chi connectivity index (χ0) is 13.1. The highest BCUT2D eigenvalue weighted by molar-refractivity contribution is 6.57. The van der Waals surface area contributed by atoms with E-state index in [2.05, 4.69) is 0 Å². The van der Waals surface area contributed by atoms with Crippen LogP contribution >= 0.6 is 0 Å². The average molecular weight is 253 g/mol. The second-order valence-corrected chi connectivity index (χ2v) is 4.43. The van der Waals surface area contributed by atoms with E-state index in [9.17, 15) is 19.8 Å². The van der Waals surface area contributed by atoms with Crippen molar-refractivity contribution in [1.82, 2.24) is 9.55 Å². The summed E-state index contributed by atoms with van der Waals surface area (Å²) in [6.07, 6.45) is -1.15. The van der Waals surface area contributed by atoms with Gasteiger partial charge in [-0.25, -0.2) is 4.79 Å². The van der Waals surface area contributed by atoms with Gasteiger partial charge in [-0.3, -0.25) is 14.3 Å². The standard InChI is InChI=1S/C9H10BN2O6/c13-3-4-6(15)8(17)9(10-8,18-4)12-2-1-5(14)11-7(12)16/h1-2,4,6,13,15,17H,3H2,(H,11,14,16)/t4-,6-,8-,9+/m1/s1. The second-order valence-electron chi connectivity index (χ2n) is 4.43. The van der Waals surface area contributed by atoms with Crippen molar-refractivity contribution in [2.24, 2.45) is 0 Å². The predicted octanol–water partition coefficient (Wildman–Crippen LogP) is -3.69. The van der Waals surface area contributed by atoms with Crippen LogP contribution in [0.2, 0.25) is 0 Å². The molecule has 3 heterocycles. The van der Waals surface area contributed by atoms with Crippen LogP contribution in [-0.2, 0) is 10.4 Å². The van der Waals surface area contributed by atoms with Crippen LogP contribution < -0.4 is 11.2 Å². The molecule has 0 bridgehead atoms. The smallest absolute Gasteiger partial charge is 0.330 e. The van der Waals surface area contributed by atoms with Gasteiger partial charge in [0.25, 0.3) is 5.56 Å². The van der Waals surface area contributed by atoms with Gasteiger partial charge in [0.1, 0.15) is 23.3 Å². The number of fused-ring (bicyclic) bond motifs is 1. The van der Waals surface area contributed by atoms with Crippen LogP contribution in [-0.4, -0.2) is 56.5 Å². The number of aliphatic hydroxyl groups is 3. The summed E-state index contributed by atoms with van der Waals surface area (Å²) in [5.41, 5.74) is -4.60. The minimum Gasteiger partial charge on any atom is -0.394 e. The molecular weight excluding hydrogens is 243 g/mol. The molecule has 2 fully saturated rings. The number of hydrogen-bond donors (Lipinski definition) is 4. The summed E-state index contributed by atoms with van der Waals surface area (Å²) in [5, 5.41) is 28.9. The van der Waals surface area contributed by atoms with Crippen molar-refractivity contribution < 1.29 is 20.1 Å². The van der Waals surface area contributed by atoms with Gasteiger partial charge in [-0.1, -0.05) is 0 Å². The molecule has 9 heteroatoms. The largest absolute Gasteiger partial charge is 0.394 e. The molecule has 0 saturated carbocycles. The Hall–Kier alpha value is -1.42. The van der Waals surface area contributed by atoms with Crippen molar-refractivity contribution >= 4 is 7.28 Å². The van der Waals surface area contributed by atoms with Gasteiger partial charge in [0.05, 0.1) is 6.61 Å². The molecule has 4 atom stereocenters. The molecule has 1 aromatic rings. The summed E-state index contributed by atoms with van der Waals surface area (Å²) in [6.45, 7) is -0.489. The third-order valence-corrected chi connectivity index (χ3v) is 3.40. The van der Waals surface area contributed by atoms with Gasteiger partial charge in [-0.15, -0.1) is 0 Å². The van der Waals surface area contributed by atoms with E-state index >= 15 is 0 Å². The minimum atomic E-state index is -1.73. The van der Waals surface area contributed by atoms with E-state index in [0.717, 1.165) is 10.6 Å². The lowest BCUT2D eigenvalue weighted by atomic mass is 9.90. The van der Waals surface area contributed by atoms with E-state index in [1.54, 1.807) is 0 Å². The fraction of sp³-hybridized carbons (Fsp3) is 0.556. The third kappa shape index (κ3) is 1.19. The van der Waals surface area contributed by atoms with Crippen molar-refractivity contribution in [3.63, 3.8) is 0 Å². The summed E-state index contributed by atoms with van der Waals surface area (Å²) in [5.74, 6) is 0. The van der Waals surface area contributed by atoms with Crippen LogP contribution in [0.25, 0.3) is 0 Å². The first-order valence-corrected chi connectivity index (χ1v) is 5.33. The lowest BCUT2D eigenvalue weighted by Gasteiger charge is -2.19. The number of aromatic amines is 1. The molecule has 1 aromatic heterocycles. The molecule has 4 N–H and O–H groups in total. The number of nitrogens with zero attached hydrogens (tertiary/aromatic N) is 1. The third-order valence-electron chi connectivity index (χ3n) is 3.40. The predicted molar refractivity (Wildman–Crippen MR) is 58.0 cm³/mol. The molecule has 0 unspecified atom stereocenters. The highest BCUT2D eigenvalue weighted by atomic mass is 16.6. The van der Waals surface area contributed by atoms with Crippen molar-refractivity contribution in [3.05, 3.63) is 33.1 Å². The molecule has 2 aliphatic rings. The van der Waals surface area contributed by atoms with Gasteiger partial charge < -0.3 is 20.1 Å². The van der Waals surface area contributed by atoms with Crippen molar-refractivity contribution in [3.8, 4) is 0 Å². The van der Waals surface area contributed by atoms with E-state index in [1.807, 2.05) is 4.98 Å². The van der Waals surface area contributed by atoms with Crippen LogP contribution in [0.3, 0.4) is 0 Å². The maximum Gasteiger partial charge on any atom is 0.330 e. The molecule has 2 saturated heterocycles. The maximum absolute atomic E-state index is 11.7. The molecular formula is C9H10BN2O6. The highest BCUT2D eigenvalue weighted by Crippen LogP contribution is 2.55. The molecule has 0 aromatic carbocycles. The number of aliphatic hydroxyl groups excluding tert-OH is 2. The van der Waals surface area contributed by atoms with Crippen molar-refractivity contribution in [2.75, 3.05) is 6.61 Å². The van der Waals surface area contributed by atoms with E-state index in [1.165, 1.54) is 13.5 Å². The molecule has 8 nitrogen and oxygen atoms in total. The Morgan fingerprint density at radius 2 is 2.28 bits per heavy atom. The molecule has 2 aliphatic heterocycles. The molecule has 0 spiro atoms. The highest BCUT2D eigenvalue weighted by Gasteiger charge is 2.81. The summed E-state index contributed by atoms with van der Waals surface area (Å²) in [7, 11) is 1.25. The lowest BCUT2D eigenvalue weighted by molar-refractivity contribution is -0.0665. The van der Waals surface area contributed by atoms with Crippen LogP contribution in [0.5, 0.6) is 0 Å². The Labute approximate surface area is 101 Å². The van der Waals surface area contributed by atoms with E-state index < -0.39 is 41.2 Å². The average Bonchev–Trinajstić information content (AvgIpc) is 2.86. The maximum atomic E-state index is 11.7. The normalized spacial score (nSPS) is 41.3. The van der Waals surface area contributed by atoms with Gasteiger partial charge in [-0.05, 0) is 0 Å². The Bertz CT molecular complexity index is 614. The van der Waals surface area contributed by atoms with Gasteiger partial charge in [0.15, 0.2) is 0 Å². The zero-order valence-electron chi connectivity index (χ0n) is 9.11. The first kappa shape index (κ1) is 11.7. The van der Waals surface area contributed by atoms with Crippen LogP contribution in [0, 0.1) is 0 Å². The van der Waals surface area contributed by atoms with E-state index in [4.69, 9.17) is 9.84 Å². The summed E-state index contributed by atoms with van der Waals surface area (Å²) < 4.78 is 6.31. The van der Waals surface area contributed by atoms with E-state index in [-0.39, 0.29) is 0 Å². The van der Waals surface area contributed by atoms with Crippen molar-refractivity contribution in [2.45, 2.75) is 23.3 Å². The Kier molecular flexibility index (Phi) is 2.15. The number of ether oxygens (including phenoxy) is 1. The molecule has 0 aliphatic carbocycles. The van der Waals surface area contributed by atoms with Crippen LogP contribution in [0.1, 0.15) is 0 Å². The first-order chi connectivity index (χ1) is 8.44. The Balaban J connectivity index is 2.09. The van der Waals surface area contributed by atoms with Crippen molar-refractivity contribution in [1.29, 1.82) is 0 Å². The topological polar surface area (TPSA) is 125 Å². The first-order valence-electron chi connectivity index (χ1n) is 5.33. The number of aromatic nitrogens is 2. The number of hydrogen-bond acceptors (Lipinski definition) is 6. The number of nitrogens with one attached hydrogen (secondary N) is 1. The van der Waals surface area contributed by atoms with E-state index in [0.29, 0.717) is 0 Å². The summed E-state index contributed by atoms with van der Waals surface area (Å²) in [6, 6.07) is 1.10. The molecule has 0 amide bonds. The molecule has 1 radical (unpaired) electrons. The lowest BCUT2D eigenvalue weighted by Crippen LogP contribution is -2.40. The second kappa shape index (κ2) is 3.32. The van der Waals surface area contributed by atoms with Gasteiger partial charge in [0.2, 0.25) is 7.28 Å². The Morgan fingerprint density at radius 3 is 2.83 bits per heavy atom. The number of H-pyrrole nitrogens is 1. The fourth-order valence-electron chi connectivity index (χ4n) is 2.40. The molecule has 18 heavy (non-hydrogen) atoms. The fourth-order valence-corrected chi connectivity index (χ4v) is 2.40. The monoisotopic (exact) mass is 253 g/mol. The van der Waals surface area contributed by atoms with Gasteiger partial charge in [-0.2, -0.15) is 0 Å². The molecule has 3 rings (SSSR count).